The Morgan fingerprint density at radius 3 is 2.37 bits per heavy atom. The molecule has 1 atom stereocenters. The maximum Gasteiger partial charge on any atom is 0.217 e. The first-order chi connectivity index (χ1) is 12.9. The SMILES string of the molecule is CC(=O)NC(CSC/C=C(\C)CC/C=C(\C)CCC=C(C)C)c1ccn[nH]1. The van der Waals surface area contributed by atoms with Crippen LogP contribution >= 0.6 is 11.8 Å². The Labute approximate surface area is 169 Å². The average Bonchev–Trinajstić information content (AvgIpc) is 3.11. The quantitative estimate of drug-likeness (QED) is 0.354. The molecular formula is C22H35N3OS. The molecule has 150 valence electrons. The van der Waals surface area contributed by atoms with Gasteiger partial charge in [-0.2, -0.15) is 16.9 Å². The van der Waals surface area contributed by atoms with E-state index in [1.54, 1.807) is 13.1 Å². The first kappa shape index (κ1) is 23.3. The molecule has 0 bridgehead atoms. The summed E-state index contributed by atoms with van der Waals surface area (Å²) in [7, 11) is 0. The number of carbonyl (C=O) groups is 1. The molecule has 1 aromatic heterocycles. The molecule has 0 aliphatic heterocycles. The van der Waals surface area contributed by atoms with E-state index in [-0.39, 0.29) is 11.9 Å². The summed E-state index contributed by atoms with van der Waals surface area (Å²) in [5, 5.41) is 9.90. The topological polar surface area (TPSA) is 57.8 Å². The summed E-state index contributed by atoms with van der Waals surface area (Å²) in [4.78, 5) is 11.4. The third kappa shape index (κ3) is 11.5. The second-order valence-corrected chi connectivity index (χ2v) is 8.34. The van der Waals surface area contributed by atoms with E-state index in [0.717, 1.165) is 42.9 Å². The molecule has 1 heterocycles. The summed E-state index contributed by atoms with van der Waals surface area (Å²) in [5.74, 6) is 1.77. The highest BCUT2D eigenvalue weighted by Gasteiger charge is 2.13. The van der Waals surface area contributed by atoms with Crippen LogP contribution < -0.4 is 5.32 Å². The maximum atomic E-state index is 11.4. The molecule has 5 heteroatoms. The fourth-order valence-corrected chi connectivity index (χ4v) is 3.68. The van der Waals surface area contributed by atoms with Gasteiger partial charge in [-0.1, -0.05) is 34.9 Å². The first-order valence-electron chi connectivity index (χ1n) is 9.67. The Morgan fingerprint density at radius 1 is 1.11 bits per heavy atom. The van der Waals surface area contributed by atoms with Crippen LogP contribution in [0.25, 0.3) is 0 Å². The summed E-state index contributed by atoms with van der Waals surface area (Å²) >= 11 is 1.82. The van der Waals surface area contributed by atoms with E-state index in [4.69, 9.17) is 0 Å². The first-order valence-corrected chi connectivity index (χ1v) is 10.8. The summed E-state index contributed by atoms with van der Waals surface area (Å²) < 4.78 is 0. The van der Waals surface area contributed by atoms with Crippen LogP contribution in [0.15, 0.2) is 47.2 Å². The van der Waals surface area contributed by atoms with Crippen molar-refractivity contribution in [2.45, 2.75) is 66.3 Å². The summed E-state index contributed by atoms with van der Waals surface area (Å²) in [6.45, 7) is 10.3. The smallest absolute Gasteiger partial charge is 0.217 e. The normalized spacial score (nSPS) is 13.4. The van der Waals surface area contributed by atoms with E-state index >= 15 is 0 Å². The molecular weight excluding hydrogens is 354 g/mol. The zero-order valence-corrected chi connectivity index (χ0v) is 18.3. The van der Waals surface area contributed by atoms with Gasteiger partial charge in [0.2, 0.25) is 5.91 Å². The number of thioether (sulfide) groups is 1. The summed E-state index contributed by atoms with van der Waals surface area (Å²) in [5.41, 5.74) is 5.25. The van der Waals surface area contributed by atoms with Gasteiger partial charge in [0, 0.05) is 24.6 Å². The van der Waals surface area contributed by atoms with Crippen molar-refractivity contribution >= 4 is 17.7 Å². The monoisotopic (exact) mass is 389 g/mol. The van der Waals surface area contributed by atoms with E-state index in [9.17, 15) is 4.79 Å². The number of hydrogen-bond donors (Lipinski definition) is 2. The molecule has 0 aromatic carbocycles. The van der Waals surface area contributed by atoms with E-state index in [1.807, 2.05) is 17.8 Å². The standard InChI is InChI=1S/C22H35N3OS/c1-17(2)8-6-9-18(3)10-7-11-19(4)13-15-27-16-22(24-20(5)26)21-12-14-23-25-21/h8,10,12-14,22H,6-7,9,11,15-16H2,1-5H3,(H,23,25)(H,24,26)/b18-10+,19-13+. The lowest BCUT2D eigenvalue weighted by Crippen LogP contribution is -2.28. The lowest BCUT2D eigenvalue weighted by Gasteiger charge is -2.15. The van der Waals surface area contributed by atoms with Crippen molar-refractivity contribution in [1.82, 2.24) is 15.5 Å². The molecule has 0 radical (unpaired) electrons. The lowest BCUT2D eigenvalue weighted by atomic mass is 10.1. The number of H-pyrrole nitrogens is 1. The molecule has 1 amide bonds. The summed E-state index contributed by atoms with van der Waals surface area (Å²) in [6.07, 6.45) is 13.2. The largest absolute Gasteiger partial charge is 0.347 e. The fraction of sp³-hybridized carbons (Fsp3) is 0.545. The van der Waals surface area contributed by atoms with Crippen LogP contribution in [-0.4, -0.2) is 27.6 Å². The van der Waals surface area contributed by atoms with Gasteiger partial charge >= 0.3 is 0 Å². The van der Waals surface area contributed by atoms with Gasteiger partial charge in [0.15, 0.2) is 0 Å². The molecule has 0 aliphatic carbocycles. The van der Waals surface area contributed by atoms with Crippen LogP contribution in [0.1, 0.15) is 72.0 Å². The van der Waals surface area contributed by atoms with Crippen molar-refractivity contribution in [3.05, 3.63) is 52.9 Å². The Bertz CT molecular complexity index is 641. The van der Waals surface area contributed by atoms with Crippen LogP contribution in [0.2, 0.25) is 0 Å². The van der Waals surface area contributed by atoms with E-state index < -0.39 is 0 Å². The second kappa shape index (κ2) is 13.4. The molecule has 4 nitrogen and oxygen atoms in total. The van der Waals surface area contributed by atoms with Crippen molar-refractivity contribution in [3.63, 3.8) is 0 Å². The zero-order valence-electron chi connectivity index (χ0n) is 17.5. The van der Waals surface area contributed by atoms with Gasteiger partial charge in [0.05, 0.1) is 11.7 Å². The number of carbonyl (C=O) groups excluding carboxylic acids is 1. The zero-order chi connectivity index (χ0) is 20.1. The molecule has 0 aliphatic rings. The Kier molecular flexibility index (Phi) is 11.6. The van der Waals surface area contributed by atoms with Crippen molar-refractivity contribution in [1.29, 1.82) is 0 Å². The fourth-order valence-electron chi connectivity index (χ4n) is 2.64. The number of rotatable bonds is 12. The number of nitrogens with zero attached hydrogens (tertiary/aromatic N) is 1. The maximum absolute atomic E-state index is 11.4. The van der Waals surface area contributed by atoms with E-state index in [1.165, 1.54) is 16.7 Å². The highest BCUT2D eigenvalue weighted by atomic mass is 32.2. The minimum atomic E-state index is -0.0198. The Balaban J connectivity index is 2.31. The number of amides is 1. The van der Waals surface area contributed by atoms with Gasteiger partial charge in [-0.3, -0.25) is 9.89 Å². The minimum absolute atomic E-state index is 0.0184. The highest BCUT2D eigenvalue weighted by Crippen LogP contribution is 2.18. The molecule has 0 fully saturated rings. The Morgan fingerprint density at radius 2 is 1.78 bits per heavy atom. The third-order valence-electron chi connectivity index (χ3n) is 4.23. The predicted molar refractivity (Wildman–Crippen MR) is 118 cm³/mol. The van der Waals surface area contributed by atoms with Gasteiger partial charge in [0.1, 0.15) is 0 Å². The molecule has 0 spiro atoms. The molecule has 0 saturated heterocycles. The van der Waals surface area contributed by atoms with Crippen LogP contribution in [0.3, 0.4) is 0 Å². The van der Waals surface area contributed by atoms with E-state index in [0.29, 0.717) is 0 Å². The van der Waals surface area contributed by atoms with Crippen molar-refractivity contribution in [2.75, 3.05) is 11.5 Å². The van der Waals surface area contributed by atoms with Crippen molar-refractivity contribution in [2.24, 2.45) is 0 Å². The van der Waals surface area contributed by atoms with Crippen LogP contribution in [0.4, 0.5) is 0 Å². The number of allylic oxidation sites excluding steroid dienone is 5. The van der Waals surface area contributed by atoms with Crippen molar-refractivity contribution in [3.8, 4) is 0 Å². The summed E-state index contributed by atoms with van der Waals surface area (Å²) in [6, 6.07) is 1.89. The average molecular weight is 390 g/mol. The van der Waals surface area contributed by atoms with Crippen molar-refractivity contribution < 1.29 is 4.79 Å². The van der Waals surface area contributed by atoms with Crippen LogP contribution in [0.5, 0.6) is 0 Å². The predicted octanol–water partition coefficient (Wildman–Crippen LogP) is 5.74. The molecule has 2 N–H and O–H groups in total. The van der Waals surface area contributed by atoms with Crippen LogP contribution in [-0.2, 0) is 4.79 Å². The van der Waals surface area contributed by atoms with Gasteiger partial charge < -0.3 is 5.32 Å². The molecule has 1 aromatic rings. The second-order valence-electron chi connectivity index (χ2n) is 7.26. The minimum Gasteiger partial charge on any atom is -0.347 e. The molecule has 1 rings (SSSR count). The number of aromatic nitrogens is 2. The van der Waals surface area contributed by atoms with Gasteiger partial charge in [-0.15, -0.1) is 0 Å². The number of hydrogen-bond acceptors (Lipinski definition) is 3. The number of aromatic amines is 1. The lowest BCUT2D eigenvalue weighted by molar-refractivity contribution is -0.119. The molecule has 27 heavy (non-hydrogen) atoms. The van der Waals surface area contributed by atoms with E-state index in [2.05, 4.69) is 61.4 Å². The number of nitrogens with one attached hydrogen (secondary N) is 2. The molecule has 0 saturated carbocycles. The van der Waals surface area contributed by atoms with Gasteiger partial charge in [0.25, 0.3) is 0 Å². The third-order valence-corrected chi connectivity index (χ3v) is 5.20. The van der Waals surface area contributed by atoms with Gasteiger partial charge in [-0.05, 0) is 59.4 Å². The van der Waals surface area contributed by atoms with Gasteiger partial charge in [-0.25, -0.2) is 0 Å². The van der Waals surface area contributed by atoms with Crippen LogP contribution in [0, 0.1) is 0 Å². The highest BCUT2D eigenvalue weighted by molar-refractivity contribution is 7.99. The molecule has 1 unspecified atom stereocenters. The Hall–Kier alpha value is -1.75.